The van der Waals surface area contributed by atoms with Gasteiger partial charge in [-0.25, -0.2) is 9.78 Å². The lowest BCUT2D eigenvalue weighted by atomic mass is 9.77. The van der Waals surface area contributed by atoms with Gasteiger partial charge in [-0.3, -0.25) is 0 Å². The number of aromatic amines is 1. The van der Waals surface area contributed by atoms with Crippen LogP contribution in [0.5, 0.6) is 0 Å². The lowest BCUT2D eigenvalue weighted by Crippen LogP contribution is -2.41. The van der Waals surface area contributed by atoms with Crippen LogP contribution < -0.4 is 5.32 Å². The smallest absolute Gasteiger partial charge is 0.449 e. The number of aromatic nitrogens is 2. The second-order valence-electron chi connectivity index (χ2n) is 10.4. The number of rotatable bonds is 6. The second kappa shape index (κ2) is 9.26. The predicted molar refractivity (Wildman–Crippen MR) is 140 cm³/mol. The van der Waals surface area contributed by atoms with Crippen molar-refractivity contribution in [2.45, 2.75) is 51.7 Å². The fraction of sp³-hybridized carbons (Fsp3) is 0.357. The largest absolute Gasteiger partial charge is 0.492 e. The number of benzene rings is 2. The SMILES string of the molecule is Cc1ncc(C=C(CNC(=O)OCC2c3ccccc3-c3ccccc32)B2OC(C)(C)C(C)(C)O2)[nH]1. The van der Waals surface area contributed by atoms with Gasteiger partial charge in [-0.1, -0.05) is 48.5 Å². The van der Waals surface area contributed by atoms with Crippen LogP contribution in [0.1, 0.15) is 56.3 Å². The first kappa shape index (κ1) is 24.3. The van der Waals surface area contributed by atoms with Crippen molar-refractivity contribution >= 4 is 19.3 Å². The number of hydrogen-bond donors (Lipinski definition) is 2. The normalized spacial score (nSPS) is 18.1. The Bertz CT molecular complexity index is 1250. The Morgan fingerprint density at radius 2 is 1.64 bits per heavy atom. The summed E-state index contributed by atoms with van der Waals surface area (Å²) in [7, 11) is -0.604. The summed E-state index contributed by atoms with van der Waals surface area (Å²) < 4.78 is 18.2. The van der Waals surface area contributed by atoms with Crippen molar-refractivity contribution < 1.29 is 18.8 Å². The number of carbonyl (C=O) groups excluding carboxylic acids is 1. The molecule has 0 bridgehead atoms. The van der Waals surface area contributed by atoms with Crippen LogP contribution in [0, 0.1) is 6.92 Å². The van der Waals surface area contributed by atoms with Crippen LogP contribution in [0.25, 0.3) is 17.2 Å². The maximum atomic E-state index is 12.8. The summed E-state index contributed by atoms with van der Waals surface area (Å²) in [5.74, 6) is 0.813. The number of aryl methyl sites for hydroxylation is 1. The maximum Gasteiger partial charge on any atom is 0.492 e. The first-order chi connectivity index (χ1) is 17.1. The first-order valence-electron chi connectivity index (χ1n) is 12.3. The molecule has 1 fully saturated rings. The van der Waals surface area contributed by atoms with Gasteiger partial charge in [0.15, 0.2) is 0 Å². The average molecular weight is 485 g/mol. The minimum absolute atomic E-state index is 0.00854. The summed E-state index contributed by atoms with van der Waals surface area (Å²) in [4.78, 5) is 20.3. The third-order valence-corrected chi connectivity index (χ3v) is 7.40. The summed E-state index contributed by atoms with van der Waals surface area (Å²) in [5, 5.41) is 2.89. The lowest BCUT2D eigenvalue weighted by Gasteiger charge is -2.32. The molecule has 2 N–H and O–H groups in total. The van der Waals surface area contributed by atoms with Gasteiger partial charge >= 0.3 is 13.2 Å². The van der Waals surface area contributed by atoms with Crippen molar-refractivity contribution in [3.05, 3.63) is 82.8 Å². The van der Waals surface area contributed by atoms with Crippen LogP contribution in [-0.4, -0.2) is 47.5 Å². The van der Waals surface area contributed by atoms with Crippen LogP contribution in [0.15, 0.2) is 60.2 Å². The molecule has 1 aliphatic carbocycles. The van der Waals surface area contributed by atoms with Crippen LogP contribution in [0.3, 0.4) is 0 Å². The summed E-state index contributed by atoms with van der Waals surface area (Å²) >= 11 is 0. The van der Waals surface area contributed by atoms with E-state index in [0.717, 1.165) is 17.0 Å². The first-order valence-corrected chi connectivity index (χ1v) is 12.3. The van der Waals surface area contributed by atoms with Crippen LogP contribution in [0.4, 0.5) is 4.79 Å². The molecule has 3 aromatic rings. The number of amides is 1. The molecule has 2 aliphatic rings. The number of imidazole rings is 1. The van der Waals surface area contributed by atoms with Crippen molar-refractivity contribution in [3.8, 4) is 11.1 Å². The van der Waals surface area contributed by atoms with Gasteiger partial charge in [0.2, 0.25) is 0 Å². The highest BCUT2D eigenvalue weighted by molar-refractivity contribution is 6.56. The summed E-state index contributed by atoms with van der Waals surface area (Å²) in [6.45, 7) is 10.4. The van der Waals surface area contributed by atoms with Crippen LogP contribution in [0.2, 0.25) is 0 Å². The van der Waals surface area contributed by atoms with E-state index >= 15 is 0 Å². The third-order valence-electron chi connectivity index (χ3n) is 7.40. The Hall–Kier alpha value is -3.36. The molecule has 0 spiro atoms. The molecule has 1 saturated heterocycles. The van der Waals surface area contributed by atoms with Gasteiger partial charge in [0, 0.05) is 12.5 Å². The quantitative estimate of drug-likeness (QED) is 0.465. The maximum absolute atomic E-state index is 12.8. The zero-order chi connectivity index (χ0) is 25.5. The minimum Gasteiger partial charge on any atom is -0.449 e. The second-order valence-corrected chi connectivity index (χ2v) is 10.4. The minimum atomic E-state index is -0.604. The summed E-state index contributed by atoms with van der Waals surface area (Å²) in [6.07, 6.45) is 3.17. The van der Waals surface area contributed by atoms with Gasteiger partial charge in [-0.05, 0) is 68.4 Å². The number of H-pyrrole nitrogens is 1. The standard InChI is InChI=1S/C28H32BN3O4/c1-18-30-16-20(32-18)14-19(29-35-27(2,3)28(4,5)36-29)15-31-26(33)34-17-25-23-12-8-6-10-21(23)22-11-7-9-13-24(22)25/h6-14,16,25H,15,17H2,1-5H3,(H,30,32)(H,31,33). The van der Waals surface area contributed by atoms with E-state index < -0.39 is 24.4 Å². The van der Waals surface area contributed by atoms with Gasteiger partial charge in [0.05, 0.1) is 23.1 Å². The van der Waals surface area contributed by atoms with Crippen LogP contribution >= 0.6 is 0 Å². The van der Waals surface area contributed by atoms with Crippen LogP contribution in [-0.2, 0) is 14.0 Å². The monoisotopic (exact) mass is 485 g/mol. The predicted octanol–water partition coefficient (Wildman–Crippen LogP) is 5.27. The molecule has 1 aliphatic heterocycles. The van der Waals surface area contributed by atoms with E-state index in [1.54, 1.807) is 6.20 Å². The van der Waals surface area contributed by atoms with Crippen molar-refractivity contribution in [1.82, 2.24) is 15.3 Å². The van der Waals surface area contributed by atoms with E-state index in [9.17, 15) is 4.79 Å². The number of fused-ring (bicyclic) bond motifs is 3. The van der Waals surface area contributed by atoms with E-state index in [-0.39, 0.29) is 19.1 Å². The van der Waals surface area contributed by atoms with Gasteiger partial charge in [0.25, 0.3) is 0 Å². The highest BCUT2D eigenvalue weighted by atomic mass is 16.7. The van der Waals surface area contributed by atoms with Gasteiger partial charge in [-0.15, -0.1) is 0 Å². The van der Waals surface area contributed by atoms with Crippen molar-refractivity contribution in [3.63, 3.8) is 0 Å². The molecule has 0 atom stereocenters. The molecule has 0 saturated carbocycles. The number of nitrogens with one attached hydrogen (secondary N) is 2. The number of carbonyl (C=O) groups is 1. The van der Waals surface area contributed by atoms with E-state index in [4.69, 9.17) is 14.0 Å². The Kier molecular flexibility index (Phi) is 6.26. The highest BCUT2D eigenvalue weighted by Gasteiger charge is 2.52. The van der Waals surface area contributed by atoms with Crippen molar-refractivity contribution in [1.29, 1.82) is 0 Å². The van der Waals surface area contributed by atoms with Crippen molar-refractivity contribution in [2.75, 3.05) is 13.2 Å². The molecule has 2 heterocycles. The molecule has 8 heteroatoms. The Morgan fingerprint density at radius 1 is 1.06 bits per heavy atom. The molecule has 1 amide bonds. The fourth-order valence-corrected chi connectivity index (χ4v) is 4.73. The van der Waals surface area contributed by atoms with Gasteiger partial charge in [-0.2, -0.15) is 0 Å². The number of alkyl carbamates (subject to hydrolysis) is 1. The van der Waals surface area contributed by atoms with E-state index in [1.165, 1.54) is 22.3 Å². The number of nitrogens with zero attached hydrogens (tertiary/aromatic N) is 1. The highest BCUT2D eigenvalue weighted by Crippen LogP contribution is 2.44. The fourth-order valence-electron chi connectivity index (χ4n) is 4.73. The summed E-state index contributed by atoms with van der Waals surface area (Å²) in [5.41, 5.74) is 5.34. The molecular weight excluding hydrogens is 453 g/mol. The van der Waals surface area contributed by atoms with E-state index in [0.29, 0.717) is 0 Å². The zero-order valence-corrected chi connectivity index (χ0v) is 21.4. The Morgan fingerprint density at radius 3 is 2.19 bits per heavy atom. The lowest BCUT2D eigenvalue weighted by molar-refractivity contribution is 0.00578. The number of hydrogen-bond acceptors (Lipinski definition) is 5. The Balaban J connectivity index is 1.28. The van der Waals surface area contributed by atoms with Gasteiger partial charge < -0.3 is 24.3 Å². The summed E-state index contributed by atoms with van der Waals surface area (Å²) in [6, 6.07) is 16.6. The molecule has 7 nitrogen and oxygen atoms in total. The molecule has 0 radical (unpaired) electrons. The molecular formula is C28H32BN3O4. The van der Waals surface area contributed by atoms with E-state index in [2.05, 4.69) is 39.6 Å². The molecule has 1 aromatic heterocycles. The van der Waals surface area contributed by atoms with Gasteiger partial charge in [0.1, 0.15) is 12.4 Å². The average Bonchev–Trinajstić information content (AvgIpc) is 3.46. The molecule has 186 valence electrons. The van der Waals surface area contributed by atoms with E-state index in [1.807, 2.05) is 65.0 Å². The Labute approximate surface area is 212 Å². The number of ether oxygens (including phenoxy) is 1. The third kappa shape index (κ3) is 4.58. The molecule has 5 rings (SSSR count). The topological polar surface area (TPSA) is 85.5 Å². The molecule has 0 unspecified atom stereocenters. The van der Waals surface area contributed by atoms with Crippen molar-refractivity contribution in [2.24, 2.45) is 0 Å². The zero-order valence-electron chi connectivity index (χ0n) is 21.4. The molecule has 36 heavy (non-hydrogen) atoms. The molecule has 2 aromatic carbocycles.